The van der Waals surface area contributed by atoms with Crippen LogP contribution in [-0.2, 0) is 0 Å². The van der Waals surface area contributed by atoms with Gasteiger partial charge in [0.1, 0.15) is 39.7 Å². The maximum atomic E-state index is 13.6. The highest BCUT2D eigenvalue weighted by Crippen LogP contribution is 2.46. The molecular weight excluding hydrogens is 422 g/mol. The van der Waals surface area contributed by atoms with E-state index in [1.807, 2.05) is 24.3 Å². The Bertz CT molecular complexity index is 1480. The molecule has 0 spiro atoms. The Morgan fingerprint density at radius 1 is 0.758 bits per heavy atom. The molecule has 1 aromatic heterocycles. The quantitative estimate of drug-likeness (QED) is 0.322. The largest absolute Gasteiger partial charge is 0.505 e. The molecule has 0 bridgehead atoms. The van der Waals surface area contributed by atoms with Crippen molar-refractivity contribution in [3.8, 4) is 22.8 Å². The van der Waals surface area contributed by atoms with Crippen LogP contribution >= 0.6 is 0 Å². The minimum atomic E-state index is -0.930. The fourth-order valence-electron chi connectivity index (χ4n) is 4.35. The second kappa shape index (κ2) is 6.89. The molecule has 8 heteroatoms. The number of carbonyl (C=O) groups is 2. The Morgan fingerprint density at radius 3 is 2.03 bits per heavy atom. The fraction of sp³-hybridized carbons (Fsp3) is 0.0400. The molecule has 1 atom stereocenters. The van der Waals surface area contributed by atoms with Gasteiger partial charge in [0.2, 0.25) is 0 Å². The van der Waals surface area contributed by atoms with E-state index in [4.69, 9.17) is 4.42 Å². The summed E-state index contributed by atoms with van der Waals surface area (Å²) in [5.74, 6) is -1.56. The van der Waals surface area contributed by atoms with Crippen LogP contribution < -0.4 is 0 Å². The zero-order valence-corrected chi connectivity index (χ0v) is 17.0. The number of hydrogen-bond donors (Lipinski definition) is 2. The van der Waals surface area contributed by atoms with Gasteiger partial charge in [0.15, 0.2) is 11.5 Å². The summed E-state index contributed by atoms with van der Waals surface area (Å²) in [6.45, 7) is 0. The lowest BCUT2D eigenvalue weighted by Gasteiger charge is -2.26. The first-order chi connectivity index (χ1) is 16.1. The number of amides is 2. The molecule has 0 saturated carbocycles. The van der Waals surface area contributed by atoms with Crippen LogP contribution in [0.25, 0.3) is 22.4 Å². The molecule has 0 saturated heterocycles. The summed E-state index contributed by atoms with van der Waals surface area (Å²) in [4.78, 5) is 36.2. The van der Waals surface area contributed by atoms with Crippen molar-refractivity contribution >= 4 is 22.8 Å². The van der Waals surface area contributed by atoms with Gasteiger partial charge in [0.25, 0.3) is 11.8 Å². The van der Waals surface area contributed by atoms with Gasteiger partial charge < -0.3 is 14.6 Å². The predicted molar refractivity (Wildman–Crippen MR) is 117 cm³/mol. The Morgan fingerprint density at radius 2 is 1.39 bits per heavy atom. The summed E-state index contributed by atoms with van der Waals surface area (Å²) in [5, 5.41) is 21.6. The van der Waals surface area contributed by atoms with Gasteiger partial charge in [-0.25, -0.2) is 9.97 Å². The standard InChI is InChI=1S/C25H15N3O5/c29-22-17-18(23(30)20-19(22)26-11-12-27-20)25(32)28(24(17)31)21(14-5-2-1-3-6-14)16-10-9-13-7-4-8-15(13)33-16/h1-12,21,29-30H. The van der Waals surface area contributed by atoms with Crippen molar-refractivity contribution in [1.29, 1.82) is 0 Å². The number of aromatic nitrogens is 2. The molecule has 3 aromatic rings. The molecule has 8 nitrogen and oxygen atoms in total. The molecule has 2 aromatic carbocycles. The second-order valence-corrected chi connectivity index (χ2v) is 7.68. The summed E-state index contributed by atoms with van der Waals surface area (Å²) in [6, 6.07) is 17.1. The van der Waals surface area contributed by atoms with Crippen LogP contribution in [0.2, 0.25) is 0 Å². The van der Waals surface area contributed by atoms with Gasteiger partial charge in [-0.2, -0.15) is 0 Å². The number of rotatable bonds is 3. The summed E-state index contributed by atoms with van der Waals surface area (Å²) in [7, 11) is 0. The SMILES string of the molecule is O=C1c2c(c(O)c3nccnc3c2O)C(=O)N1C(c1ccccc1)c1ccc2cccc-2o1. The van der Waals surface area contributed by atoms with E-state index in [9.17, 15) is 19.8 Å². The zero-order chi connectivity index (χ0) is 22.7. The van der Waals surface area contributed by atoms with Gasteiger partial charge in [-0.05, 0) is 23.8 Å². The molecule has 1 unspecified atom stereocenters. The van der Waals surface area contributed by atoms with Crippen molar-refractivity contribution in [2.24, 2.45) is 0 Å². The van der Waals surface area contributed by atoms with E-state index >= 15 is 0 Å². The highest BCUT2D eigenvalue weighted by atomic mass is 16.3. The van der Waals surface area contributed by atoms with Crippen molar-refractivity contribution in [2.45, 2.75) is 6.04 Å². The molecule has 2 N–H and O–H groups in total. The van der Waals surface area contributed by atoms with E-state index in [0.29, 0.717) is 17.1 Å². The van der Waals surface area contributed by atoms with Crippen LogP contribution in [0.4, 0.5) is 0 Å². The van der Waals surface area contributed by atoms with E-state index in [2.05, 4.69) is 9.97 Å². The van der Waals surface area contributed by atoms with Crippen molar-refractivity contribution < 1.29 is 24.2 Å². The lowest BCUT2D eigenvalue weighted by Crippen LogP contribution is -2.34. The van der Waals surface area contributed by atoms with Crippen LogP contribution in [0.15, 0.2) is 77.5 Å². The molecule has 0 radical (unpaired) electrons. The van der Waals surface area contributed by atoms with Gasteiger partial charge in [-0.3, -0.25) is 14.5 Å². The average molecular weight is 437 g/mol. The molecule has 3 heterocycles. The predicted octanol–water partition coefficient (Wildman–Crippen LogP) is 4.12. The van der Waals surface area contributed by atoms with E-state index in [1.165, 1.54) is 12.4 Å². The number of fused-ring (bicyclic) bond motifs is 3. The van der Waals surface area contributed by atoms with Crippen LogP contribution in [0.3, 0.4) is 0 Å². The molecule has 33 heavy (non-hydrogen) atoms. The third kappa shape index (κ3) is 2.64. The van der Waals surface area contributed by atoms with Gasteiger partial charge in [-0.1, -0.05) is 42.5 Å². The second-order valence-electron chi connectivity index (χ2n) is 7.68. The Balaban J connectivity index is 1.59. The Hall–Kier alpha value is -4.72. The smallest absolute Gasteiger partial charge is 0.266 e. The maximum Gasteiger partial charge on any atom is 0.266 e. The Kier molecular flexibility index (Phi) is 3.97. The van der Waals surface area contributed by atoms with Crippen molar-refractivity contribution in [1.82, 2.24) is 14.9 Å². The van der Waals surface area contributed by atoms with Gasteiger partial charge in [0, 0.05) is 18.0 Å². The number of carbonyl (C=O) groups excluding carboxylic acids is 2. The lowest BCUT2D eigenvalue weighted by atomic mass is 10.0. The molecule has 0 fully saturated rings. The van der Waals surface area contributed by atoms with Gasteiger partial charge >= 0.3 is 0 Å². The first-order valence-electron chi connectivity index (χ1n) is 10.2. The number of imide groups is 1. The van der Waals surface area contributed by atoms with Crippen LogP contribution in [0.1, 0.15) is 38.1 Å². The maximum absolute atomic E-state index is 13.6. The first-order valence-corrected chi connectivity index (χ1v) is 10.2. The molecule has 2 aliphatic heterocycles. The van der Waals surface area contributed by atoms with Crippen molar-refractivity contribution in [3.05, 3.63) is 95.5 Å². The molecular formula is C25H15N3O5. The molecule has 6 rings (SSSR count). The Labute approximate surface area is 186 Å². The molecule has 3 aliphatic rings. The van der Waals surface area contributed by atoms with Crippen molar-refractivity contribution in [3.63, 3.8) is 0 Å². The topological polar surface area (TPSA) is 117 Å². The van der Waals surface area contributed by atoms with Crippen LogP contribution in [-0.4, -0.2) is 36.9 Å². The lowest BCUT2D eigenvalue weighted by molar-refractivity contribution is 0.0591. The van der Waals surface area contributed by atoms with Crippen LogP contribution in [0, 0.1) is 0 Å². The first kappa shape index (κ1) is 19.0. The summed E-state index contributed by atoms with van der Waals surface area (Å²) >= 11 is 0. The van der Waals surface area contributed by atoms with E-state index in [-0.39, 0.29) is 22.2 Å². The summed E-state index contributed by atoms with van der Waals surface area (Å²) in [5.41, 5.74) is 0.779. The normalized spacial score (nSPS) is 14.2. The minimum absolute atomic E-state index is 0.0593. The summed E-state index contributed by atoms with van der Waals surface area (Å²) in [6.07, 6.45) is 2.65. The molecule has 2 amide bonds. The van der Waals surface area contributed by atoms with E-state index < -0.39 is 29.4 Å². The van der Waals surface area contributed by atoms with Gasteiger partial charge in [-0.15, -0.1) is 0 Å². The minimum Gasteiger partial charge on any atom is -0.505 e. The zero-order valence-electron chi connectivity index (χ0n) is 17.0. The number of nitrogens with zero attached hydrogens (tertiary/aromatic N) is 3. The fourth-order valence-corrected chi connectivity index (χ4v) is 4.35. The van der Waals surface area contributed by atoms with E-state index in [0.717, 1.165) is 10.5 Å². The van der Waals surface area contributed by atoms with Crippen molar-refractivity contribution in [2.75, 3.05) is 0 Å². The highest BCUT2D eigenvalue weighted by Gasteiger charge is 2.47. The monoisotopic (exact) mass is 437 g/mol. The van der Waals surface area contributed by atoms with Crippen LogP contribution in [0.5, 0.6) is 11.5 Å². The number of phenolic OH excluding ortho intramolecular Hbond substituents is 2. The third-order valence-electron chi connectivity index (χ3n) is 5.84. The third-order valence-corrected chi connectivity index (χ3v) is 5.84. The highest BCUT2D eigenvalue weighted by molar-refractivity contribution is 6.26. The number of hydrogen-bond acceptors (Lipinski definition) is 7. The number of phenols is 2. The average Bonchev–Trinajstić information content (AvgIpc) is 3.41. The number of aromatic hydroxyl groups is 2. The number of benzene rings is 2. The molecule has 1 aliphatic carbocycles. The molecule has 160 valence electrons. The van der Waals surface area contributed by atoms with E-state index in [1.54, 1.807) is 36.4 Å². The summed E-state index contributed by atoms with van der Waals surface area (Å²) < 4.78 is 6.07. The van der Waals surface area contributed by atoms with Gasteiger partial charge in [0.05, 0.1) is 0 Å².